The van der Waals surface area contributed by atoms with Gasteiger partial charge in [-0.3, -0.25) is 14.4 Å². The van der Waals surface area contributed by atoms with Gasteiger partial charge in [-0.2, -0.15) is 0 Å². The summed E-state index contributed by atoms with van der Waals surface area (Å²) >= 11 is 5.88. The van der Waals surface area contributed by atoms with E-state index >= 15 is 0 Å². The number of hydrogen-bond donors (Lipinski definition) is 2. The van der Waals surface area contributed by atoms with Gasteiger partial charge in [0.1, 0.15) is 12.6 Å². The Labute approximate surface area is 194 Å². The molecule has 3 rings (SSSR count). The second-order valence-electron chi connectivity index (χ2n) is 7.16. The van der Waals surface area contributed by atoms with Crippen LogP contribution in [0.1, 0.15) is 29.3 Å². The zero-order valence-corrected chi connectivity index (χ0v) is 18.7. The number of nitrogens with one attached hydrogen (secondary N) is 2. The van der Waals surface area contributed by atoms with E-state index in [0.717, 1.165) is 5.39 Å². The number of hydrogen-bond acceptors (Lipinski definition) is 6. The smallest absolute Gasteiger partial charge is 0.329 e. The number of fused-ring (bicyclic) bond motifs is 1. The van der Waals surface area contributed by atoms with E-state index in [1.54, 1.807) is 31.2 Å². The Morgan fingerprint density at radius 3 is 2.52 bits per heavy atom. The lowest BCUT2D eigenvalue weighted by atomic mass is 10.0. The lowest BCUT2D eigenvalue weighted by molar-refractivity contribution is -0.150. The van der Waals surface area contributed by atoms with E-state index in [0.29, 0.717) is 21.7 Å². The molecule has 3 aromatic rings. The van der Waals surface area contributed by atoms with Crippen LogP contribution in [0, 0.1) is 0 Å². The van der Waals surface area contributed by atoms with E-state index in [4.69, 9.17) is 21.1 Å². The van der Waals surface area contributed by atoms with Gasteiger partial charge in [-0.1, -0.05) is 29.8 Å². The van der Waals surface area contributed by atoms with Crippen LogP contribution >= 0.6 is 11.6 Å². The predicted molar refractivity (Wildman–Crippen MR) is 123 cm³/mol. The number of aromatic amines is 1. The summed E-state index contributed by atoms with van der Waals surface area (Å²) < 4.78 is 10.1. The zero-order chi connectivity index (χ0) is 23.8. The fourth-order valence-electron chi connectivity index (χ4n) is 3.27. The van der Waals surface area contributed by atoms with E-state index < -0.39 is 23.9 Å². The summed E-state index contributed by atoms with van der Waals surface area (Å²) in [7, 11) is 0. The molecule has 33 heavy (non-hydrogen) atoms. The van der Waals surface area contributed by atoms with Gasteiger partial charge in [0.15, 0.2) is 0 Å². The Bertz CT molecular complexity index is 1210. The van der Waals surface area contributed by atoms with Crippen LogP contribution < -0.4 is 10.9 Å². The van der Waals surface area contributed by atoms with Gasteiger partial charge in [0, 0.05) is 34.0 Å². The first-order valence-corrected chi connectivity index (χ1v) is 10.7. The van der Waals surface area contributed by atoms with Crippen molar-refractivity contribution in [3.63, 3.8) is 0 Å². The van der Waals surface area contributed by atoms with E-state index in [1.165, 1.54) is 18.2 Å². The molecule has 1 amide bonds. The molecule has 1 unspecified atom stereocenters. The first-order chi connectivity index (χ1) is 15.9. The highest BCUT2D eigenvalue weighted by Crippen LogP contribution is 2.17. The van der Waals surface area contributed by atoms with Gasteiger partial charge in [0.2, 0.25) is 5.56 Å². The van der Waals surface area contributed by atoms with Crippen LogP contribution in [-0.4, -0.2) is 42.1 Å². The highest BCUT2D eigenvalue weighted by Gasteiger charge is 2.25. The minimum absolute atomic E-state index is 0.0159. The first-order valence-electron chi connectivity index (χ1n) is 10.4. The van der Waals surface area contributed by atoms with E-state index in [2.05, 4.69) is 10.3 Å². The molecular formula is C24H23ClN2O6. The summed E-state index contributed by atoms with van der Waals surface area (Å²) in [5, 5.41) is 3.87. The van der Waals surface area contributed by atoms with Crippen molar-refractivity contribution in [1.29, 1.82) is 0 Å². The molecule has 0 aliphatic heterocycles. The first kappa shape index (κ1) is 24.0. The van der Waals surface area contributed by atoms with Crippen molar-refractivity contribution in [2.24, 2.45) is 0 Å². The van der Waals surface area contributed by atoms with Crippen LogP contribution in [0.15, 0.2) is 59.4 Å². The van der Waals surface area contributed by atoms with Crippen LogP contribution in [0.25, 0.3) is 10.9 Å². The molecule has 0 radical (unpaired) electrons. The Kier molecular flexibility index (Phi) is 8.21. The Morgan fingerprint density at radius 1 is 1.06 bits per heavy atom. The summed E-state index contributed by atoms with van der Waals surface area (Å²) in [6.07, 6.45) is -0.0899. The zero-order valence-electron chi connectivity index (χ0n) is 17.9. The quantitative estimate of drug-likeness (QED) is 0.464. The molecule has 0 aliphatic rings. The topological polar surface area (TPSA) is 115 Å². The van der Waals surface area contributed by atoms with Gasteiger partial charge >= 0.3 is 11.9 Å². The molecule has 0 aliphatic carbocycles. The lowest BCUT2D eigenvalue weighted by Gasteiger charge is -2.19. The van der Waals surface area contributed by atoms with Gasteiger partial charge in [-0.05, 0) is 42.8 Å². The second-order valence-corrected chi connectivity index (χ2v) is 7.60. The fraction of sp³-hybridized carbons (Fsp3) is 0.250. The van der Waals surface area contributed by atoms with Crippen LogP contribution in [0.5, 0.6) is 0 Å². The van der Waals surface area contributed by atoms with Crippen LogP contribution in [0.4, 0.5) is 0 Å². The number of amides is 1. The average Bonchev–Trinajstić information content (AvgIpc) is 2.79. The maximum Gasteiger partial charge on any atom is 0.329 e. The molecule has 172 valence electrons. The fourth-order valence-corrected chi connectivity index (χ4v) is 3.40. The number of aromatic nitrogens is 1. The van der Waals surface area contributed by atoms with Crippen molar-refractivity contribution in [3.8, 4) is 0 Å². The molecule has 2 aromatic carbocycles. The third-order valence-electron chi connectivity index (χ3n) is 4.81. The number of esters is 2. The van der Waals surface area contributed by atoms with Gasteiger partial charge in [-0.15, -0.1) is 0 Å². The minimum atomic E-state index is -1.10. The number of carbonyl (C=O) groups excluding carboxylic acids is 3. The summed E-state index contributed by atoms with van der Waals surface area (Å²) in [5.74, 6) is -1.73. The molecule has 2 N–H and O–H groups in total. The van der Waals surface area contributed by atoms with E-state index in [9.17, 15) is 19.2 Å². The van der Waals surface area contributed by atoms with Gasteiger partial charge in [0.25, 0.3) is 5.91 Å². The van der Waals surface area contributed by atoms with Crippen LogP contribution in [0.3, 0.4) is 0 Å². The van der Waals surface area contributed by atoms with Crippen molar-refractivity contribution < 1.29 is 23.9 Å². The molecule has 1 aromatic heterocycles. The number of para-hydroxylation sites is 1. The van der Waals surface area contributed by atoms with Crippen molar-refractivity contribution >= 4 is 40.3 Å². The van der Waals surface area contributed by atoms with E-state index in [1.807, 2.05) is 12.1 Å². The maximum absolute atomic E-state index is 12.8. The number of rotatable bonds is 9. The molecule has 0 saturated carbocycles. The molecule has 1 atom stereocenters. The second kappa shape index (κ2) is 11.3. The summed E-state index contributed by atoms with van der Waals surface area (Å²) in [6.45, 7) is 1.71. The van der Waals surface area contributed by atoms with Crippen LogP contribution in [0.2, 0.25) is 5.02 Å². The number of pyridine rings is 1. The predicted octanol–water partition coefficient (Wildman–Crippen LogP) is 3.02. The molecule has 1 heterocycles. The van der Waals surface area contributed by atoms with Gasteiger partial charge in [0.05, 0.1) is 13.0 Å². The third kappa shape index (κ3) is 6.66. The third-order valence-corrected chi connectivity index (χ3v) is 5.06. The normalized spacial score (nSPS) is 11.6. The van der Waals surface area contributed by atoms with Crippen LogP contribution in [-0.2, 0) is 25.5 Å². The number of halogens is 1. The van der Waals surface area contributed by atoms with Crippen molar-refractivity contribution in [2.45, 2.75) is 25.8 Å². The highest BCUT2D eigenvalue weighted by atomic mass is 35.5. The summed E-state index contributed by atoms with van der Waals surface area (Å²) in [6, 6.07) is 13.6. The van der Waals surface area contributed by atoms with Crippen molar-refractivity contribution in [2.75, 3.05) is 13.2 Å². The number of carbonyl (C=O) groups is 3. The molecule has 0 fully saturated rings. The Hall–Kier alpha value is -3.65. The molecule has 0 saturated heterocycles. The van der Waals surface area contributed by atoms with Gasteiger partial charge in [-0.25, -0.2) is 4.79 Å². The maximum atomic E-state index is 12.8. The van der Waals surface area contributed by atoms with Gasteiger partial charge < -0.3 is 19.8 Å². The largest absolute Gasteiger partial charge is 0.466 e. The van der Waals surface area contributed by atoms with Crippen molar-refractivity contribution in [1.82, 2.24) is 10.3 Å². The molecule has 9 heteroatoms. The summed E-state index contributed by atoms with van der Waals surface area (Å²) in [5.41, 5.74) is 1.15. The molecule has 0 bridgehead atoms. The average molecular weight is 471 g/mol. The monoisotopic (exact) mass is 470 g/mol. The van der Waals surface area contributed by atoms with E-state index in [-0.39, 0.29) is 31.6 Å². The Morgan fingerprint density at radius 2 is 1.79 bits per heavy atom. The number of ether oxygens (including phenoxy) is 2. The highest BCUT2D eigenvalue weighted by molar-refractivity contribution is 6.30. The standard InChI is InChI=1S/C24H23ClN2O6/c1-2-32-22(29)11-12-33-24(31)20(27-23(30)15-7-9-17(25)10-8-15)13-16-14-21(28)26-19-6-4-3-5-18(16)19/h3-10,14,20H,2,11-13H2,1H3,(H,26,28)(H,27,30). The Balaban J connectivity index is 1.82. The van der Waals surface area contributed by atoms with Crippen molar-refractivity contribution in [3.05, 3.63) is 81.1 Å². The lowest BCUT2D eigenvalue weighted by Crippen LogP contribution is -2.43. The number of H-pyrrole nitrogens is 1. The molecule has 0 spiro atoms. The molecule has 8 nitrogen and oxygen atoms in total. The minimum Gasteiger partial charge on any atom is -0.466 e. The number of benzene rings is 2. The summed E-state index contributed by atoms with van der Waals surface area (Å²) in [4.78, 5) is 52.0. The SMILES string of the molecule is CCOC(=O)CCOC(=O)C(Cc1cc(=O)[nH]c2ccccc12)NC(=O)c1ccc(Cl)cc1. The molecular weight excluding hydrogens is 448 g/mol.